The maximum Gasteiger partial charge on any atom is 0.0110 e. The molecule has 2 rings (SSSR count). The molecule has 1 aliphatic carbocycles. The van der Waals surface area contributed by atoms with Gasteiger partial charge < -0.3 is 16.0 Å². The van der Waals surface area contributed by atoms with Gasteiger partial charge >= 0.3 is 0 Å². The minimum Gasteiger partial charge on any atom is -0.330 e. The summed E-state index contributed by atoms with van der Waals surface area (Å²) >= 11 is 0. The number of nitrogens with two attached hydrogens (primary N) is 1. The summed E-state index contributed by atoms with van der Waals surface area (Å²) in [7, 11) is 0. The van der Waals surface area contributed by atoms with Crippen LogP contribution in [-0.4, -0.2) is 43.2 Å². The summed E-state index contributed by atoms with van der Waals surface area (Å²) in [5.41, 5.74) is 5.93. The number of hydrogen-bond acceptors (Lipinski definition) is 3. The Kier molecular flexibility index (Phi) is 6.62. The van der Waals surface area contributed by atoms with E-state index in [1.54, 1.807) is 0 Å². The third-order valence-corrected chi connectivity index (χ3v) is 5.08. The Morgan fingerprint density at radius 2 is 1.84 bits per heavy atom. The summed E-state index contributed by atoms with van der Waals surface area (Å²) in [5, 5.41) is 3.93. The Morgan fingerprint density at radius 3 is 2.53 bits per heavy atom. The summed E-state index contributed by atoms with van der Waals surface area (Å²) in [6, 6.07) is 1.45. The highest BCUT2D eigenvalue weighted by Crippen LogP contribution is 2.25. The van der Waals surface area contributed by atoms with Gasteiger partial charge in [-0.15, -0.1) is 0 Å². The largest absolute Gasteiger partial charge is 0.330 e. The van der Waals surface area contributed by atoms with Crippen LogP contribution in [0.15, 0.2) is 0 Å². The van der Waals surface area contributed by atoms with Crippen molar-refractivity contribution in [3.63, 3.8) is 0 Å². The van der Waals surface area contributed by atoms with E-state index in [2.05, 4.69) is 17.1 Å². The number of nitrogens with zero attached hydrogens (tertiary/aromatic N) is 1. The zero-order valence-corrected chi connectivity index (χ0v) is 12.7. The van der Waals surface area contributed by atoms with Crippen molar-refractivity contribution in [2.45, 2.75) is 70.4 Å². The lowest BCUT2D eigenvalue weighted by Gasteiger charge is -2.38. The molecule has 0 radical (unpaired) electrons. The Hall–Kier alpha value is -0.120. The van der Waals surface area contributed by atoms with Crippen LogP contribution in [0.2, 0.25) is 0 Å². The summed E-state index contributed by atoms with van der Waals surface area (Å²) in [6.07, 6.45) is 10.8. The molecule has 1 heterocycles. The SMILES string of the molecule is CCCCN1CCC(NC2CCCCC2CN)CC1. The number of rotatable bonds is 6. The molecule has 0 bridgehead atoms. The van der Waals surface area contributed by atoms with Gasteiger partial charge in [-0.2, -0.15) is 0 Å². The average molecular weight is 267 g/mol. The van der Waals surface area contributed by atoms with E-state index in [0.29, 0.717) is 6.04 Å². The van der Waals surface area contributed by atoms with Gasteiger partial charge in [0, 0.05) is 12.1 Å². The van der Waals surface area contributed by atoms with E-state index < -0.39 is 0 Å². The first-order valence-corrected chi connectivity index (χ1v) is 8.52. The molecule has 0 aromatic rings. The van der Waals surface area contributed by atoms with Crippen LogP contribution < -0.4 is 11.1 Å². The first-order valence-electron chi connectivity index (χ1n) is 8.52. The fourth-order valence-electron chi connectivity index (χ4n) is 3.72. The second kappa shape index (κ2) is 8.23. The third kappa shape index (κ3) is 4.73. The van der Waals surface area contributed by atoms with E-state index in [1.165, 1.54) is 71.0 Å². The van der Waals surface area contributed by atoms with Crippen molar-refractivity contribution < 1.29 is 0 Å². The van der Waals surface area contributed by atoms with Gasteiger partial charge in [-0.05, 0) is 64.2 Å². The first kappa shape index (κ1) is 15.3. The second-order valence-electron chi connectivity index (χ2n) is 6.52. The fourth-order valence-corrected chi connectivity index (χ4v) is 3.72. The molecule has 0 amide bonds. The smallest absolute Gasteiger partial charge is 0.0110 e. The van der Waals surface area contributed by atoms with E-state index in [1.807, 2.05) is 0 Å². The molecule has 3 N–H and O–H groups in total. The van der Waals surface area contributed by atoms with E-state index >= 15 is 0 Å². The molecule has 0 aromatic carbocycles. The quantitative estimate of drug-likeness (QED) is 0.776. The molecule has 2 atom stereocenters. The molecular weight excluding hydrogens is 234 g/mol. The number of hydrogen-bond donors (Lipinski definition) is 2. The topological polar surface area (TPSA) is 41.3 Å². The lowest BCUT2D eigenvalue weighted by atomic mass is 9.83. The van der Waals surface area contributed by atoms with Gasteiger partial charge in [0.1, 0.15) is 0 Å². The molecule has 2 fully saturated rings. The lowest BCUT2D eigenvalue weighted by Crippen LogP contribution is -2.50. The maximum absolute atomic E-state index is 5.93. The average Bonchev–Trinajstić information content (AvgIpc) is 2.47. The van der Waals surface area contributed by atoms with Crippen molar-refractivity contribution in [3.8, 4) is 0 Å². The Morgan fingerprint density at radius 1 is 1.11 bits per heavy atom. The Balaban J connectivity index is 1.69. The van der Waals surface area contributed by atoms with Crippen molar-refractivity contribution in [3.05, 3.63) is 0 Å². The van der Waals surface area contributed by atoms with Gasteiger partial charge in [-0.25, -0.2) is 0 Å². The first-order chi connectivity index (χ1) is 9.33. The van der Waals surface area contributed by atoms with Crippen molar-refractivity contribution in [1.29, 1.82) is 0 Å². The van der Waals surface area contributed by atoms with Gasteiger partial charge in [0.2, 0.25) is 0 Å². The number of likely N-dealkylation sites (tertiary alicyclic amines) is 1. The van der Waals surface area contributed by atoms with Crippen LogP contribution in [0.1, 0.15) is 58.3 Å². The number of piperidine rings is 1. The molecule has 0 aromatic heterocycles. The molecule has 1 saturated heterocycles. The molecule has 1 aliphatic heterocycles. The summed E-state index contributed by atoms with van der Waals surface area (Å²) in [5.74, 6) is 0.729. The Bertz CT molecular complexity index is 236. The third-order valence-electron chi connectivity index (χ3n) is 5.08. The van der Waals surface area contributed by atoms with Gasteiger partial charge in [0.25, 0.3) is 0 Å². The molecule has 3 nitrogen and oxygen atoms in total. The van der Waals surface area contributed by atoms with Gasteiger partial charge in [0.05, 0.1) is 0 Å². The molecule has 2 aliphatic rings. The van der Waals surface area contributed by atoms with Crippen LogP contribution in [0.5, 0.6) is 0 Å². The van der Waals surface area contributed by atoms with Crippen LogP contribution in [0, 0.1) is 5.92 Å². The zero-order valence-electron chi connectivity index (χ0n) is 12.7. The monoisotopic (exact) mass is 267 g/mol. The second-order valence-corrected chi connectivity index (χ2v) is 6.52. The zero-order chi connectivity index (χ0) is 13.5. The van der Waals surface area contributed by atoms with Gasteiger partial charge in [-0.1, -0.05) is 26.2 Å². The summed E-state index contributed by atoms with van der Waals surface area (Å²) < 4.78 is 0. The lowest BCUT2D eigenvalue weighted by molar-refractivity contribution is 0.167. The van der Waals surface area contributed by atoms with E-state index in [0.717, 1.165) is 18.5 Å². The molecule has 19 heavy (non-hydrogen) atoms. The van der Waals surface area contributed by atoms with Crippen molar-refractivity contribution >= 4 is 0 Å². The number of unbranched alkanes of at least 4 members (excludes halogenated alkanes) is 1. The van der Waals surface area contributed by atoms with Crippen LogP contribution in [0.25, 0.3) is 0 Å². The maximum atomic E-state index is 5.93. The molecule has 2 unspecified atom stereocenters. The van der Waals surface area contributed by atoms with Crippen molar-refractivity contribution in [1.82, 2.24) is 10.2 Å². The Labute approximate surface area is 119 Å². The molecule has 1 saturated carbocycles. The highest BCUT2D eigenvalue weighted by Gasteiger charge is 2.27. The predicted octanol–water partition coefficient (Wildman–Crippen LogP) is 2.36. The fraction of sp³-hybridized carbons (Fsp3) is 1.00. The van der Waals surface area contributed by atoms with E-state index in [-0.39, 0.29) is 0 Å². The van der Waals surface area contributed by atoms with Gasteiger partial charge in [0.15, 0.2) is 0 Å². The van der Waals surface area contributed by atoms with Crippen LogP contribution in [-0.2, 0) is 0 Å². The van der Waals surface area contributed by atoms with E-state index in [4.69, 9.17) is 5.73 Å². The minimum atomic E-state index is 0.700. The highest BCUT2D eigenvalue weighted by atomic mass is 15.1. The van der Waals surface area contributed by atoms with Crippen LogP contribution in [0.4, 0.5) is 0 Å². The molecule has 112 valence electrons. The van der Waals surface area contributed by atoms with E-state index in [9.17, 15) is 0 Å². The van der Waals surface area contributed by atoms with Gasteiger partial charge in [-0.3, -0.25) is 0 Å². The highest BCUT2D eigenvalue weighted by molar-refractivity contribution is 4.86. The normalized spacial score (nSPS) is 30.6. The minimum absolute atomic E-state index is 0.700. The molecule has 3 heteroatoms. The summed E-state index contributed by atoms with van der Waals surface area (Å²) in [4.78, 5) is 2.64. The van der Waals surface area contributed by atoms with Crippen molar-refractivity contribution in [2.24, 2.45) is 11.7 Å². The van der Waals surface area contributed by atoms with Crippen molar-refractivity contribution in [2.75, 3.05) is 26.2 Å². The molecular formula is C16H33N3. The standard InChI is InChI=1S/C16H33N3/c1-2-3-10-19-11-8-15(9-12-19)18-16-7-5-4-6-14(16)13-17/h14-16,18H,2-13,17H2,1H3. The van der Waals surface area contributed by atoms with Crippen LogP contribution >= 0.6 is 0 Å². The van der Waals surface area contributed by atoms with Crippen LogP contribution in [0.3, 0.4) is 0 Å². The predicted molar refractivity (Wildman–Crippen MR) is 82.3 cm³/mol. The summed E-state index contributed by atoms with van der Waals surface area (Å²) in [6.45, 7) is 7.03. The molecule has 0 spiro atoms. The number of nitrogens with one attached hydrogen (secondary N) is 1.